The van der Waals surface area contributed by atoms with E-state index in [0.717, 1.165) is 16.4 Å². The number of anilines is 1. The first-order valence-electron chi connectivity index (χ1n) is 6.12. The van der Waals surface area contributed by atoms with Gasteiger partial charge in [0, 0.05) is 24.2 Å². The molecule has 102 valence electrons. The molecule has 0 spiro atoms. The van der Waals surface area contributed by atoms with E-state index in [1.165, 1.54) is 0 Å². The Kier molecular flexibility index (Phi) is 3.44. The molecular weight excluding hydrogens is 272 g/mol. The lowest BCUT2D eigenvalue weighted by atomic mass is 10.4. The van der Waals surface area contributed by atoms with Crippen LogP contribution in [-0.4, -0.2) is 19.5 Å². The third kappa shape index (κ3) is 2.54. The molecule has 3 aromatic heterocycles. The van der Waals surface area contributed by atoms with Gasteiger partial charge >= 0.3 is 0 Å². The molecule has 0 aliphatic carbocycles. The molecule has 0 aliphatic rings. The smallest absolute Gasteiger partial charge is 0.150 e. The Balaban J connectivity index is 1.92. The molecular formula is C13H14N6S. The summed E-state index contributed by atoms with van der Waals surface area (Å²) in [5.74, 6) is 7.65. The van der Waals surface area contributed by atoms with Gasteiger partial charge in [-0.25, -0.2) is 20.8 Å². The van der Waals surface area contributed by atoms with Crippen LogP contribution in [-0.2, 0) is 6.54 Å². The van der Waals surface area contributed by atoms with Gasteiger partial charge in [0.1, 0.15) is 11.6 Å². The third-order valence-corrected chi connectivity index (χ3v) is 3.68. The van der Waals surface area contributed by atoms with Crippen LogP contribution in [0.4, 0.5) is 5.82 Å². The third-order valence-electron chi connectivity index (χ3n) is 2.82. The van der Waals surface area contributed by atoms with Crippen molar-refractivity contribution in [3.8, 4) is 10.7 Å². The van der Waals surface area contributed by atoms with Gasteiger partial charge in [-0.3, -0.25) is 0 Å². The summed E-state index contributed by atoms with van der Waals surface area (Å²) in [5, 5.41) is 2.04. The highest BCUT2D eigenvalue weighted by Crippen LogP contribution is 2.23. The Hall–Kier alpha value is -2.25. The van der Waals surface area contributed by atoms with E-state index in [1.807, 2.05) is 35.2 Å². The first-order valence-corrected chi connectivity index (χ1v) is 7.00. The van der Waals surface area contributed by atoms with Gasteiger partial charge in [0.15, 0.2) is 5.82 Å². The lowest BCUT2D eigenvalue weighted by Gasteiger charge is -2.08. The number of aryl methyl sites for hydroxylation is 1. The Morgan fingerprint density at radius 3 is 3.05 bits per heavy atom. The lowest BCUT2D eigenvalue weighted by Crippen LogP contribution is -2.12. The van der Waals surface area contributed by atoms with Gasteiger partial charge in [0.05, 0.1) is 11.4 Å². The number of hydrogen-bond acceptors (Lipinski definition) is 6. The number of rotatable bonds is 4. The van der Waals surface area contributed by atoms with Crippen molar-refractivity contribution >= 4 is 17.2 Å². The van der Waals surface area contributed by atoms with E-state index >= 15 is 0 Å². The highest BCUT2D eigenvalue weighted by molar-refractivity contribution is 7.13. The topological polar surface area (TPSA) is 81.6 Å². The normalized spacial score (nSPS) is 10.7. The van der Waals surface area contributed by atoms with Crippen LogP contribution in [0.1, 0.15) is 11.5 Å². The number of nitrogens with zero attached hydrogens (tertiary/aromatic N) is 4. The Morgan fingerprint density at radius 1 is 1.40 bits per heavy atom. The van der Waals surface area contributed by atoms with E-state index in [9.17, 15) is 0 Å². The fraction of sp³-hybridized carbons (Fsp3) is 0.154. The van der Waals surface area contributed by atoms with E-state index < -0.39 is 0 Å². The molecule has 7 heteroatoms. The number of hydrazine groups is 1. The molecule has 0 saturated carbocycles. The second kappa shape index (κ2) is 5.40. The summed E-state index contributed by atoms with van der Waals surface area (Å²) in [4.78, 5) is 14.3. The molecule has 0 unspecified atom stereocenters. The summed E-state index contributed by atoms with van der Waals surface area (Å²) in [6, 6.07) is 5.86. The molecule has 3 rings (SSSR count). The second-order valence-electron chi connectivity index (χ2n) is 4.31. The molecule has 20 heavy (non-hydrogen) atoms. The quantitative estimate of drug-likeness (QED) is 0.566. The summed E-state index contributed by atoms with van der Waals surface area (Å²) in [5.41, 5.74) is 3.43. The van der Waals surface area contributed by atoms with Crippen LogP contribution in [0.15, 0.2) is 36.0 Å². The number of nitrogens with two attached hydrogens (primary N) is 1. The number of imidazole rings is 1. The van der Waals surface area contributed by atoms with Crippen molar-refractivity contribution in [2.75, 3.05) is 5.43 Å². The maximum absolute atomic E-state index is 5.41. The number of nitrogens with one attached hydrogen (secondary N) is 1. The predicted molar refractivity (Wildman–Crippen MR) is 79.2 cm³/mol. The first-order chi connectivity index (χ1) is 9.76. The van der Waals surface area contributed by atoms with Crippen LogP contribution >= 0.6 is 11.3 Å². The van der Waals surface area contributed by atoms with Crippen LogP contribution in [0.25, 0.3) is 10.7 Å². The molecule has 0 amide bonds. The van der Waals surface area contributed by atoms with Crippen molar-refractivity contribution in [1.29, 1.82) is 0 Å². The van der Waals surface area contributed by atoms with Gasteiger partial charge < -0.3 is 9.99 Å². The standard InChI is InChI=1S/C13H14N6S/c1-9-7-11(18-14)17-12(16-9)8-19-5-4-15-13(19)10-3-2-6-20-10/h2-7H,8,14H2,1H3,(H,16,17,18). The van der Waals surface area contributed by atoms with Crippen molar-refractivity contribution in [3.05, 3.63) is 47.5 Å². The largest absolute Gasteiger partial charge is 0.323 e. The molecule has 0 bridgehead atoms. The van der Waals surface area contributed by atoms with Gasteiger partial charge in [-0.2, -0.15) is 0 Å². The monoisotopic (exact) mass is 286 g/mol. The number of hydrogen-bond donors (Lipinski definition) is 2. The first kappa shape index (κ1) is 12.8. The molecule has 0 aliphatic heterocycles. The highest BCUT2D eigenvalue weighted by atomic mass is 32.1. The SMILES string of the molecule is Cc1cc(NN)nc(Cn2ccnc2-c2cccs2)n1. The van der Waals surface area contributed by atoms with Crippen molar-refractivity contribution in [1.82, 2.24) is 19.5 Å². The van der Waals surface area contributed by atoms with Gasteiger partial charge in [0.2, 0.25) is 0 Å². The Morgan fingerprint density at radius 2 is 2.30 bits per heavy atom. The van der Waals surface area contributed by atoms with E-state index in [4.69, 9.17) is 5.84 Å². The van der Waals surface area contributed by atoms with Gasteiger partial charge in [-0.1, -0.05) is 6.07 Å². The molecule has 0 aromatic carbocycles. The van der Waals surface area contributed by atoms with Crippen LogP contribution in [0, 0.1) is 6.92 Å². The average Bonchev–Trinajstić information content (AvgIpc) is 3.08. The van der Waals surface area contributed by atoms with E-state index in [2.05, 4.69) is 20.4 Å². The summed E-state index contributed by atoms with van der Waals surface area (Å²) < 4.78 is 2.03. The molecule has 3 heterocycles. The van der Waals surface area contributed by atoms with Crippen LogP contribution in [0.3, 0.4) is 0 Å². The maximum Gasteiger partial charge on any atom is 0.150 e. The van der Waals surface area contributed by atoms with Crippen molar-refractivity contribution in [2.45, 2.75) is 13.5 Å². The minimum atomic E-state index is 0.559. The predicted octanol–water partition coefficient (Wildman–Crippen LogP) is 2.04. The molecule has 0 atom stereocenters. The van der Waals surface area contributed by atoms with E-state index in [-0.39, 0.29) is 0 Å². The lowest BCUT2D eigenvalue weighted by molar-refractivity contribution is 0.747. The summed E-state index contributed by atoms with van der Waals surface area (Å²) in [7, 11) is 0. The summed E-state index contributed by atoms with van der Waals surface area (Å²) >= 11 is 1.66. The molecule has 3 aromatic rings. The van der Waals surface area contributed by atoms with Crippen LogP contribution in [0.5, 0.6) is 0 Å². The maximum atomic E-state index is 5.41. The molecule has 0 saturated heterocycles. The summed E-state index contributed by atoms with van der Waals surface area (Å²) in [6.07, 6.45) is 3.71. The minimum Gasteiger partial charge on any atom is -0.323 e. The van der Waals surface area contributed by atoms with Crippen LogP contribution in [0.2, 0.25) is 0 Å². The van der Waals surface area contributed by atoms with Gasteiger partial charge in [-0.05, 0) is 18.4 Å². The average molecular weight is 286 g/mol. The number of nitrogen functional groups attached to an aromatic ring is 1. The Bertz CT molecular complexity index is 703. The summed E-state index contributed by atoms with van der Waals surface area (Å²) in [6.45, 7) is 2.48. The fourth-order valence-corrected chi connectivity index (χ4v) is 2.73. The number of thiophene rings is 1. The van der Waals surface area contributed by atoms with E-state index in [1.54, 1.807) is 23.6 Å². The zero-order chi connectivity index (χ0) is 13.9. The van der Waals surface area contributed by atoms with Crippen molar-refractivity contribution < 1.29 is 0 Å². The highest BCUT2D eigenvalue weighted by Gasteiger charge is 2.09. The molecule has 0 fully saturated rings. The molecule has 0 radical (unpaired) electrons. The van der Waals surface area contributed by atoms with Gasteiger partial charge in [-0.15, -0.1) is 11.3 Å². The van der Waals surface area contributed by atoms with E-state index in [0.29, 0.717) is 18.2 Å². The fourth-order valence-electron chi connectivity index (χ4n) is 1.99. The zero-order valence-electron chi connectivity index (χ0n) is 10.9. The van der Waals surface area contributed by atoms with Crippen molar-refractivity contribution in [3.63, 3.8) is 0 Å². The number of aromatic nitrogens is 4. The zero-order valence-corrected chi connectivity index (χ0v) is 11.8. The van der Waals surface area contributed by atoms with Crippen molar-refractivity contribution in [2.24, 2.45) is 5.84 Å². The van der Waals surface area contributed by atoms with Crippen LogP contribution < -0.4 is 11.3 Å². The molecule has 3 N–H and O–H groups in total. The Labute approximate surface area is 120 Å². The molecule has 6 nitrogen and oxygen atoms in total. The second-order valence-corrected chi connectivity index (χ2v) is 5.26. The van der Waals surface area contributed by atoms with Gasteiger partial charge in [0.25, 0.3) is 0 Å². The minimum absolute atomic E-state index is 0.559.